The predicted octanol–water partition coefficient (Wildman–Crippen LogP) is 0.699. The number of hydrogen-bond donors (Lipinski definition) is 3. The largest absolute Gasteiger partial charge is 0.468 e. The summed E-state index contributed by atoms with van der Waals surface area (Å²) in [5.41, 5.74) is 1.93. The van der Waals surface area contributed by atoms with Gasteiger partial charge in [0.2, 0.25) is 21.8 Å². The molecule has 226 valence electrons. The second-order valence-electron chi connectivity index (χ2n) is 11.5. The SMILES string of the molecule is C/C=C/C1(C(=O)N[C@H](C(=O)N[C@@H](C)C(=O)N2CCC[C@@H](C(=O)OC)N2)C(C)C)CCN(S(=O)(=O)CC2CC2)CC1. The van der Waals surface area contributed by atoms with Crippen LogP contribution in [0.4, 0.5) is 0 Å². The van der Waals surface area contributed by atoms with Gasteiger partial charge >= 0.3 is 5.97 Å². The molecule has 0 bridgehead atoms. The van der Waals surface area contributed by atoms with Crippen LogP contribution in [0, 0.1) is 17.3 Å². The van der Waals surface area contributed by atoms with E-state index in [2.05, 4.69) is 16.1 Å². The van der Waals surface area contributed by atoms with Gasteiger partial charge in [0.15, 0.2) is 0 Å². The second-order valence-corrected chi connectivity index (χ2v) is 13.6. The molecule has 1 aliphatic carbocycles. The topological polar surface area (TPSA) is 154 Å². The maximum absolute atomic E-state index is 13.6. The van der Waals surface area contributed by atoms with Gasteiger partial charge in [0.1, 0.15) is 18.1 Å². The normalized spacial score (nSPS) is 23.4. The summed E-state index contributed by atoms with van der Waals surface area (Å²) in [5.74, 6) is -1.56. The third kappa shape index (κ3) is 7.82. The van der Waals surface area contributed by atoms with E-state index in [1.165, 1.54) is 16.4 Å². The summed E-state index contributed by atoms with van der Waals surface area (Å²) in [6.45, 7) is 7.85. The molecule has 2 heterocycles. The number of nitrogens with one attached hydrogen (secondary N) is 3. The van der Waals surface area contributed by atoms with Crippen molar-refractivity contribution in [3.05, 3.63) is 12.2 Å². The van der Waals surface area contributed by atoms with Crippen molar-refractivity contribution in [3.63, 3.8) is 0 Å². The number of hydrogen-bond acceptors (Lipinski definition) is 8. The van der Waals surface area contributed by atoms with Crippen molar-refractivity contribution in [2.45, 2.75) is 84.3 Å². The average molecular weight is 584 g/mol. The zero-order chi connectivity index (χ0) is 29.7. The van der Waals surface area contributed by atoms with E-state index in [9.17, 15) is 27.6 Å². The van der Waals surface area contributed by atoms with Crippen LogP contribution in [0.2, 0.25) is 0 Å². The number of nitrogens with zero attached hydrogens (tertiary/aromatic N) is 2. The van der Waals surface area contributed by atoms with E-state index in [-0.39, 0.29) is 36.6 Å². The lowest BCUT2D eigenvalue weighted by Crippen LogP contribution is -2.61. The summed E-state index contributed by atoms with van der Waals surface area (Å²) >= 11 is 0. The summed E-state index contributed by atoms with van der Waals surface area (Å²) in [6.07, 6.45) is 7.26. The van der Waals surface area contributed by atoms with Crippen LogP contribution in [0.5, 0.6) is 0 Å². The fourth-order valence-corrected chi connectivity index (χ4v) is 7.19. The fraction of sp³-hybridized carbons (Fsp3) is 0.778. The highest BCUT2D eigenvalue weighted by molar-refractivity contribution is 7.89. The minimum absolute atomic E-state index is 0.165. The lowest BCUT2D eigenvalue weighted by molar-refractivity contribution is -0.150. The number of piperidine rings is 1. The monoisotopic (exact) mass is 583 g/mol. The molecule has 1 saturated carbocycles. The molecule has 3 fully saturated rings. The fourth-order valence-electron chi connectivity index (χ4n) is 5.32. The van der Waals surface area contributed by atoms with E-state index in [0.717, 1.165) is 12.8 Å². The summed E-state index contributed by atoms with van der Waals surface area (Å²) in [5, 5.41) is 6.93. The number of carbonyl (C=O) groups is 4. The molecule has 0 unspecified atom stereocenters. The quantitative estimate of drug-likeness (QED) is 0.237. The summed E-state index contributed by atoms with van der Waals surface area (Å²) in [6, 6.07) is -2.44. The first-order valence-electron chi connectivity index (χ1n) is 14.2. The van der Waals surface area contributed by atoms with Crippen LogP contribution in [0.25, 0.3) is 0 Å². The number of rotatable bonds is 11. The van der Waals surface area contributed by atoms with Crippen LogP contribution in [-0.2, 0) is 33.9 Å². The Morgan fingerprint density at radius 3 is 2.25 bits per heavy atom. The molecular weight excluding hydrogens is 538 g/mol. The number of amides is 3. The Bertz CT molecular complexity index is 1080. The number of ether oxygens (including phenoxy) is 1. The minimum Gasteiger partial charge on any atom is -0.468 e. The number of esters is 1. The predicted molar refractivity (Wildman–Crippen MR) is 149 cm³/mol. The average Bonchev–Trinajstić information content (AvgIpc) is 3.74. The molecule has 3 amide bonds. The van der Waals surface area contributed by atoms with Gasteiger partial charge in [-0.3, -0.25) is 24.2 Å². The van der Waals surface area contributed by atoms with Gasteiger partial charge in [-0.05, 0) is 64.2 Å². The van der Waals surface area contributed by atoms with Crippen molar-refractivity contribution < 1.29 is 32.3 Å². The van der Waals surface area contributed by atoms with Crippen LogP contribution in [0.1, 0.15) is 66.2 Å². The third-order valence-electron chi connectivity index (χ3n) is 7.99. The van der Waals surface area contributed by atoms with Crippen molar-refractivity contribution in [1.29, 1.82) is 0 Å². The molecule has 0 aromatic heterocycles. The molecule has 3 rings (SSSR count). The molecule has 2 aliphatic heterocycles. The van der Waals surface area contributed by atoms with Crippen molar-refractivity contribution in [2.75, 3.05) is 32.5 Å². The molecular formula is C27H45N5O7S. The van der Waals surface area contributed by atoms with E-state index in [1.54, 1.807) is 32.9 Å². The van der Waals surface area contributed by atoms with Gasteiger partial charge in [0, 0.05) is 19.6 Å². The first-order chi connectivity index (χ1) is 18.8. The van der Waals surface area contributed by atoms with E-state index >= 15 is 0 Å². The number of methoxy groups -OCH3 is 1. The van der Waals surface area contributed by atoms with E-state index < -0.39 is 51.3 Å². The molecule has 2 saturated heterocycles. The van der Waals surface area contributed by atoms with Gasteiger partial charge in [0.05, 0.1) is 18.3 Å². The first kappa shape index (κ1) is 32.0. The first-order valence-corrected chi connectivity index (χ1v) is 15.8. The molecule has 0 radical (unpaired) electrons. The Labute approximate surface area is 237 Å². The standard InChI is InChI=1S/C27H45N5O7S/c1-6-11-27(12-15-31(16-13-27)40(37,38)17-20-9-10-20)26(36)29-22(18(2)3)23(33)28-19(4)24(34)32-14-7-8-21(30-32)25(35)39-5/h6,11,18-22,30H,7-10,12-17H2,1-5H3,(H,28,33)(H,29,36)/b11-6+/t19-,21-,22-/m0/s1. The van der Waals surface area contributed by atoms with Gasteiger partial charge in [-0.1, -0.05) is 26.0 Å². The van der Waals surface area contributed by atoms with Gasteiger partial charge < -0.3 is 15.4 Å². The van der Waals surface area contributed by atoms with Crippen molar-refractivity contribution in [3.8, 4) is 0 Å². The Morgan fingerprint density at radius 1 is 1.05 bits per heavy atom. The highest BCUT2D eigenvalue weighted by Gasteiger charge is 2.44. The Hall–Kier alpha value is -2.51. The Kier molecular flexibility index (Phi) is 10.8. The van der Waals surface area contributed by atoms with Crippen LogP contribution >= 0.6 is 0 Å². The summed E-state index contributed by atoms with van der Waals surface area (Å²) < 4.78 is 31.8. The van der Waals surface area contributed by atoms with Gasteiger partial charge in [-0.2, -0.15) is 0 Å². The highest BCUT2D eigenvalue weighted by Crippen LogP contribution is 2.37. The number of hydrazine groups is 1. The Morgan fingerprint density at radius 2 is 1.70 bits per heavy atom. The lowest BCUT2D eigenvalue weighted by atomic mass is 9.77. The number of carbonyl (C=O) groups excluding carboxylic acids is 4. The van der Waals surface area contributed by atoms with E-state index in [0.29, 0.717) is 32.2 Å². The second kappa shape index (κ2) is 13.4. The minimum atomic E-state index is -3.36. The van der Waals surface area contributed by atoms with Gasteiger partial charge in [-0.25, -0.2) is 18.1 Å². The molecule has 3 aliphatic rings. The zero-order valence-corrected chi connectivity index (χ0v) is 25.1. The van der Waals surface area contributed by atoms with Crippen LogP contribution in [-0.4, -0.2) is 92.0 Å². The third-order valence-corrected chi connectivity index (χ3v) is 10.0. The molecule has 0 spiro atoms. The molecule has 0 aromatic carbocycles. The highest BCUT2D eigenvalue weighted by atomic mass is 32.2. The van der Waals surface area contributed by atoms with E-state index in [4.69, 9.17) is 4.74 Å². The summed E-state index contributed by atoms with van der Waals surface area (Å²) in [7, 11) is -2.07. The molecule has 13 heteroatoms. The van der Waals surface area contributed by atoms with Crippen LogP contribution in [0.15, 0.2) is 12.2 Å². The maximum atomic E-state index is 13.6. The Balaban J connectivity index is 1.62. The molecule has 0 aromatic rings. The molecule has 3 N–H and O–H groups in total. The van der Waals surface area contributed by atoms with Gasteiger partial charge in [0.25, 0.3) is 5.91 Å². The molecule has 12 nitrogen and oxygen atoms in total. The zero-order valence-electron chi connectivity index (χ0n) is 24.3. The maximum Gasteiger partial charge on any atom is 0.324 e. The smallest absolute Gasteiger partial charge is 0.324 e. The van der Waals surface area contributed by atoms with Crippen LogP contribution in [0.3, 0.4) is 0 Å². The van der Waals surface area contributed by atoms with Crippen molar-refractivity contribution in [2.24, 2.45) is 17.3 Å². The van der Waals surface area contributed by atoms with E-state index in [1.807, 2.05) is 6.92 Å². The van der Waals surface area contributed by atoms with Crippen molar-refractivity contribution in [1.82, 2.24) is 25.4 Å². The summed E-state index contributed by atoms with van der Waals surface area (Å²) in [4.78, 5) is 51.8. The number of allylic oxidation sites excluding steroid dienone is 1. The van der Waals surface area contributed by atoms with Gasteiger partial charge in [-0.15, -0.1) is 0 Å². The van der Waals surface area contributed by atoms with Crippen LogP contribution < -0.4 is 16.1 Å². The number of sulfonamides is 1. The lowest BCUT2D eigenvalue weighted by Gasteiger charge is -2.39. The van der Waals surface area contributed by atoms with Crippen molar-refractivity contribution >= 4 is 33.7 Å². The molecule has 3 atom stereocenters. The molecule has 40 heavy (non-hydrogen) atoms.